The van der Waals surface area contributed by atoms with Crippen LogP contribution in [0.5, 0.6) is 11.5 Å². The smallest absolute Gasteiger partial charge is 0.229 e. The normalized spacial score (nSPS) is 16.2. The zero-order valence-electron chi connectivity index (χ0n) is 16.2. The zero-order chi connectivity index (χ0) is 20.4. The minimum atomic E-state index is -0.00101. The third kappa shape index (κ3) is 4.34. The van der Waals surface area contributed by atoms with E-state index in [2.05, 4.69) is 27.0 Å². The molecule has 3 aromatic rings. The molecule has 0 spiro atoms. The number of likely N-dealkylation sites (tertiary alicyclic amines) is 1. The van der Waals surface area contributed by atoms with E-state index >= 15 is 0 Å². The van der Waals surface area contributed by atoms with Crippen LogP contribution in [-0.4, -0.2) is 36.6 Å². The number of carbonyl (C=O) groups excluding carboxylic acids is 1. The number of nitrogens with zero attached hydrogens (tertiary/aromatic N) is 2. The number of carbonyl (C=O) groups is 1. The molecule has 4 rings (SSSR count). The monoisotopic (exact) mass is 492 g/mol. The summed E-state index contributed by atoms with van der Waals surface area (Å²) in [4.78, 5) is 20.9. The molecule has 0 radical (unpaired) electrons. The SMILES string of the molecule is COc1ccc(OC)c(C2CCCN2C(=O)Cc2csc(-c3cc(Br)cs3)n2)c1. The highest BCUT2D eigenvalue weighted by Gasteiger charge is 2.32. The van der Waals surface area contributed by atoms with Crippen LogP contribution in [0.3, 0.4) is 0 Å². The summed E-state index contributed by atoms with van der Waals surface area (Å²) >= 11 is 6.70. The van der Waals surface area contributed by atoms with Crippen LogP contribution in [-0.2, 0) is 11.2 Å². The Kier molecular flexibility index (Phi) is 6.22. The number of halogens is 1. The van der Waals surface area contributed by atoms with Crippen molar-refractivity contribution in [3.8, 4) is 21.4 Å². The lowest BCUT2D eigenvalue weighted by Gasteiger charge is -2.26. The van der Waals surface area contributed by atoms with E-state index in [1.165, 1.54) is 0 Å². The maximum Gasteiger partial charge on any atom is 0.229 e. The van der Waals surface area contributed by atoms with Crippen LogP contribution < -0.4 is 9.47 Å². The molecule has 0 bridgehead atoms. The van der Waals surface area contributed by atoms with Crippen molar-refractivity contribution >= 4 is 44.5 Å². The number of methoxy groups -OCH3 is 2. The topological polar surface area (TPSA) is 51.7 Å². The van der Waals surface area contributed by atoms with E-state index in [9.17, 15) is 4.79 Å². The van der Waals surface area contributed by atoms with Gasteiger partial charge in [0.25, 0.3) is 0 Å². The van der Waals surface area contributed by atoms with E-state index in [-0.39, 0.29) is 11.9 Å². The largest absolute Gasteiger partial charge is 0.497 e. The van der Waals surface area contributed by atoms with Crippen LogP contribution in [0.1, 0.15) is 30.1 Å². The van der Waals surface area contributed by atoms with Gasteiger partial charge in [-0.3, -0.25) is 4.79 Å². The predicted molar refractivity (Wildman–Crippen MR) is 120 cm³/mol. The number of thiazole rings is 1. The molecule has 1 aromatic carbocycles. The van der Waals surface area contributed by atoms with Crippen molar-refractivity contribution in [1.29, 1.82) is 0 Å². The Morgan fingerprint density at radius 1 is 1.24 bits per heavy atom. The van der Waals surface area contributed by atoms with E-state index in [4.69, 9.17) is 9.47 Å². The summed E-state index contributed by atoms with van der Waals surface area (Å²) in [6.07, 6.45) is 2.20. The number of hydrogen-bond donors (Lipinski definition) is 0. The fourth-order valence-corrected chi connectivity index (χ4v) is 6.00. The third-order valence-corrected chi connectivity index (χ3v) is 7.78. The van der Waals surface area contributed by atoms with Crippen molar-refractivity contribution in [1.82, 2.24) is 9.88 Å². The van der Waals surface area contributed by atoms with Gasteiger partial charge in [0.05, 0.1) is 37.3 Å². The maximum absolute atomic E-state index is 13.1. The summed E-state index contributed by atoms with van der Waals surface area (Å²) in [7, 11) is 3.31. The van der Waals surface area contributed by atoms with Crippen LogP contribution in [0.15, 0.2) is 39.5 Å². The van der Waals surface area contributed by atoms with Crippen LogP contribution >= 0.6 is 38.6 Å². The van der Waals surface area contributed by atoms with Crippen LogP contribution in [0.2, 0.25) is 0 Å². The molecule has 1 aliphatic heterocycles. The second kappa shape index (κ2) is 8.85. The second-order valence-corrected chi connectivity index (χ2v) is 9.49. The average molecular weight is 493 g/mol. The van der Waals surface area contributed by atoms with Crippen molar-refractivity contribution in [2.24, 2.45) is 0 Å². The minimum Gasteiger partial charge on any atom is -0.497 e. The van der Waals surface area contributed by atoms with Crippen LogP contribution in [0.4, 0.5) is 0 Å². The summed E-state index contributed by atoms with van der Waals surface area (Å²) < 4.78 is 12.0. The number of amides is 1. The quantitative estimate of drug-likeness (QED) is 0.452. The minimum absolute atomic E-state index is 0.00101. The summed E-state index contributed by atoms with van der Waals surface area (Å²) in [6.45, 7) is 0.749. The van der Waals surface area contributed by atoms with Gasteiger partial charge in [-0.15, -0.1) is 22.7 Å². The van der Waals surface area contributed by atoms with Gasteiger partial charge < -0.3 is 14.4 Å². The van der Waals surface area contributed by atoms with Gasteiger partial charge in [0, 0.05) is 27.3 Å². The first-order chi connectivity index (χ1) is 14.1. The molecule has 1 atom stereocenters. The first kappa shape index (κ1) is 20.4. The summed E-state index contributed by atoms with van der Waals surface area (Å²) in [5.41, 5.74) is 1.82. The third-order valence-electron chi connectivity index (χ3n) is 5.03. The molecule has 1 unspecified atom stereocenters. The van der Waals surface area contributed by atoms with Crippen LogP contribution in [0.25, 0.3) is 9.88 Å². The molecule has 2 aromatic heterocycles. The summed E-state index contributed by atoms with van der Waals surface area (Å²) in [5.74, 6) is 1.66. The fraction of sp³-hybridized carbons (Fsp3) is 0.333. The molecule has 3 heterocycles. The van der Waals surface area contributed by atoms with Crippen molar-refractivity contribution in [3.05, 3.63) is 50.8 Å². The van der Waals surface area contributed by atoms with Crippen LogP contribution in [0, 0.1) is 0 Å². The number of hydrogen-bond acceptors (Lipinski definition) is 6. The van der Waals surface area contributed by atoms with E-state index < -0.39 is 0 Å². The van der Waals surface area contributed by atoms with E-state index in [0.717, 1.165) is 56.5 Å². The van der Waals surface area contributed by atoms with E-state index in [1.54, 1.807) is 36.9 Å². The molecular weight excluding hydrogens is 472 g/mol. The van der Waals surface area contributed by atoms with Gasteiger partial charge in [-0.05, 0) is 53.0 Å². The standard InChI is InChI=1S/C21H21BrN2O3S2/c1-26-15-5-6-18(27-2)16(10-15)17-4-3-7-24(17)20(25)9-14-12-29-21(23-14)19-8-13(22)11-28-19/h5-6,8,10-12,17H,3-4,7,9H2,1-2H3. The van der Waals surface area contributed by atoms with Crippen molar-refractivity contribution in [3.63, 3.8) is 0 Å². The lowest BCUT2D eigenvalue weighted by molar-refractivity contribution is -0.131. The molecule has 152 valence electrons. The molecule has 1 saturated heterocycles. The molecule has 1 aliphatic rings. The molecule has 1 fully saturated rings. The van der Waals surface area contributed by atoms with Gasteiger partial charge in [-0.2, -0.15) is 0 Å². The number of thiophene rings is 1. The lowest BCUT2D eigenvalue weighted by Crippen LogP contribution is -2.32. The van der Waals surface area contributed by atoms with Crippen molar-refractivity contribution in [2.75, 3.05) is 20.8 Å². The van der Waals surface area contributed by atoms with Crippen molar-refractivity contribution < 1.29 is 14.3 Å². The zero-order valence-corrected chi connectivity index (χ0v) is 19.4. The van der Waals surface area contributed by atoms with Gasteiger partial charge in [0.15, 0.2) is 0 Å². The molecular formula is C21H21BrN2O3S2. The number of rotatable bonds is 6. The molecule has 8 heteroatoms. The Morgan fingerprint density at radius 3 is 2.83 bits per heavy atom. The number of aromatic nitrogens is 1. The van der Waals surface area contributed by atoms with Gasteiger partial charge in [0.2, 0.25) is 5.91 Å². The summed E-state index contributed by atoms with van der Waals surface area (Å²) in [5, 5.41) is 4.98. The predicted octanol–water partition coefficient (Wildman–Crippen LogP) is 5.56. The van der Waals surface area contributed by atoms with Gasteiger partial charge in [0.1, 0.15) is 16.5 Å². The molecule has 1 amide bonds. The molecule has 0 saturated carbocycles. The highest BCUT2D eigenvalue weighted by molar-refractivity contribution is 9.10. The molecule has 0 N–H and O–H groups in total. The van der Waals surface area contributed by atoms with Gasteiger partial charge in [-0.25, -0.2) is 4.98 Å². The lowest BCUT2D eigenvalue weighted by atomic mass is 10.0. The van der Waals surface area contributed by atoms with E-state index in [1.807, 2.05) is 33.9 Å². The first-order valence-electron chi connectivity index (χ1n) is 9.29. The van der Waals surface area contributed by atoms with Gasteiger partial charge in [-0.1, -0.05) is 0 Å². The average Bonchev–Trinajstić information content (AvgIpc) is 3.47. The Bertz CT molecular complexity index is 1020. The van der Waals surface area contributed by atoms with Crippen molar-refractivity contribution in [2.45, 2.75) is 25.3 Å². The number of ether oxygens (including phenoxy) is 2. The van der Waals surface area contributed by atoms with E-state index in [0.29, 0.717) is 6.42 Å². The Hall–Kier alpha value is -1.90. The highest BCUT2D eigenvalue weighted by Crippen LogP contribution is 2.39. The first-order valence-corrected chi connectivity index (χ1v) is 11.8. The number of benzene rings is 1. The molecule has 5 nitrogen and oxygen atoms in total. The molecule has 0 aliphatic carbocycles. The highest BCUT2D eigenvalue weighted by atomic mass is 79.9. The fourth-order valence-electron chi connectivity index (χ4n) is 3.67. The Labute approximate surface area is 186 Å². The maximum atomic E-state index is 13.1. The summed E-state index contributed by atoms with van der Waals surface area (Å²) in [6, 6.07) is 7.81. The Morgan fingerprint density at radius 2 is 2.10 bits per heavy atom. The van der Waals surface area contributed by atoms with Gasteiger partial charge >= 0.3 is 0 Å². The molecule has 29 heavy (non-hydrogen) atoms. The Balaban J connectivity index is 1.52. The second-order valence-electron chi connectivity index (χ2n) is 6.80.